The lowest BCUT2D eigenvalue weighted by Crippen LogP contribution is -2.45. The van der Waals surface area contributed by atoms with Crippen LogP contribution in [0.3, 0.4) is 0 Å². The van der Waals surface area contributed by atoms with E-state index in [0.717, 1.165) is 12.8 Å². The molecule has 1 rings (SSSR count). The molecule has 6 nitrogen and oxygen atoms in total. The van der Waals surface area contributed by atoms with Crippen LogP contribution in [0.1, 0.15) is 74.1 Å². The van der Waals surface area contributed by atoms with Crippen molar-refractivity contribution in [3.63, 3.8) is 0 Å². The van der Waals surface area contributed by atoms with E-state index in [1.54, 1.807) is 20.8 Å². The third kappa shape index (κ3) is 6.50. The van der Waals surface area contributed by atoms with Gasteiger partial charge in [0.15, 0.2) is 0 Å². The van der Waals surface area contributed by atoms with Crippen molar-refractivity contribution in [1.82, 2.24) is 0 Å². The SMILES string of the molecule is CCCCC1OC(=O)C(C)C(O)C(C)C(O)C(C)CC(C)C(=O)C(C)C(O)C1C. The molecule has 1 heterocycles. The van der Waals surface area contributed by atoms with Crippen molar-refractivity contribution in [3.8, 4) is 0 Å². The molecule has 0 aromatic carbocycles. The third-order valence-corrected chi connectivity index (χ3v) is 6.95. The molecule has 29 heavy (non-hydrogen) atoms. The number of Topliss-reactive ketones (excluding diaryl/α,β-unsaturated/α-hetero) is 1. The van der Waals surface area contributed by atoms with E-state index in [1.165, 1.54) is 0 Å². The van der Waals surface area contributed by atoms with Crippen LogP contribution in [0.5, 0.6) is 0 Å². The number of esters is 1. The van der Waals surface area contributed by atoms with Crippen molar-refractivity contribution >= 4 is 11.8 Å². The van der Waals surface area contributed by atoms with E-state index in [2.05, 4.69) is 0 Å². The number of cyclic esters (lactones) is 1. The molecule has 0 radical (unpaired) electrons. The Balaban J connectivity index is 3.25. The molecule has 1 aliphatic heterocycles. The average molecular weight is 415 g/mol. The monoisotopic (exact) mass is 414 g/mol. The topological polar surface area (TPSA) is 104 Å². The molecular formula is C23H42O6. The normalized spacial score (nSPS) is 43.5. The second-order valence-electron chi connectivity index (χ2n) is 9.40. The quantitative estimate of drug-likeness (QED) is 0.614. The molecule has 10 atom stereocenters. The van der Waals surface area contributed by atoms with Crippen LogP contribution in [-0.2, 0) is 14.3 Å². The molecule has 1 fully saturated rings. The van der Waals surface area contributed by atoms with E-state index in [9.17, 15) is 24.9 Å². The van der Waals surface area contributed by atoms with Gasteiger partial charge >= 0.3 is 5.97 Å². The number of aliphatic hydroxyl groups excluding tert-OH is 3. The molecule has 1 saturated heterocycles. The predicted molar refractivity (Wildman–Crippen MR) is 112 cm³/mol. The van der Waals surface area contributed by atoms with Crippen LogP contribution < -0.4 is 0 Å². The van der Waals surface area contributed by atoms with Gasteiger partial charge < -0.3 is 20.1 Å². The number of hydrogen-bond donors (Lipinski definition) is 3. The van der Waals surface area contributed by atoms with Gasteiger partial charge in [-0.25, -0.2) is 0 Å². The number of ether oxygens (including phenoxy) is 1. The lowest BCUT2D eigenvalue weighted by Gasteiger charge is -2.36. The Kier molecular flexibility index (Phi) is 10.3. The summed E-state index contributed by atoms with van der Waals surface area (Å²) in [6.45, 7) is 12.6. The first-order valence-corrected chi connectivity index (χ1v) is 11.2. The van der Waals surface area contributed by atoms with E-state index in [4.69, 9.17) is 4.74 Å². The number of rotatable bonds is 3. The van der Waals surface area contributed by atoms with Gasteiger partial charge in [-0.15, -0.1) is 0 Å². The molecule has 0 aromatic rings. The van der Waals surface area contributed by atoms with Gasteiger partial charge in [-0.2, -0.15) is 0 Å². The van der Waals surface area contributed by atoms with Crippen LogP contribution >= 0.6 is 0 Å². The van der Waals surface area contributed by atoms with Crippen molar-refractivity contribution in [3.05, 3.63) is 0 Å². The van der Waals surface area contributed by atoms with Crippen LogP contribution in [0.25, 0.3) is 0 Å². The summed E-state index contributed by atoms with van der Waals surface area (Å²) in [5.41, 5.74) is 0. The van der Waals surface area contributed by atoms with Crippen molar-refractivity contribution in [2.45, 2.75) is 98.6 Å². The van der Waals surface area contributed by atoms with Crippen molar-refractivity contribution in [1.29, 1.82) is 0 Å². The highest BCUT2D eigenvalue weighted by molar-refractivity contribution is 5.83. The zero-order chi connectivity index (χ0) is 22.5. The first-order valence-electron chi connectivity index (χ1n) is 11.2. The van der Waals surface area contributed by atoms with E-state index in [1.807, 2.05) is 27.7 Å². The minimum atomic E-state index is -1.06. The average Bonchev–Trinajstić information content (AvgIpc) is 2.71. The summed E-state index contributed by atoms with van der Waals surface area (Å²) in [6, 6.07) is 0. The number of carbonyl (C=O) groups is 2. The minimum absolute atomic E-state index is 0.0532. The second-order valence-corrected chi connectivity index (χ2v) is 9.40. The second kappa shape index (κ2) is 11.4. The molecule has 1 aliphatic rings. The zero-order valence-corrected chi connectivity index (χ0v) is 19.2. The van der Waals surface area contributed by atoms with Crippen LogP contribution in [0, 0.1) is 35.5 Å². The van der Waals surface area contributed by atoms with E-state index >= 15 is 0 Å². The Morgan fingerprint density at radius 3 is 1.97 bits per heavy atom. The third-order valence-electron chi connectivity index (χ3n) is 6.95. The molecule has 0 aromatic heterocycles. The fourth-order valence-electron chi connectivity index (χ4n) is 4.51. The van der Waals surface area contributed by atoms with Crippen LogP contribution in [0.4, 0.5) is 0 Å². The summed E-state index contributed by atoms with van der Waals surface area (Å²) in [5, 5.41) is 32.2. The summed E-state index contributed by atoms with van der Waals surface area (Å²) in [6.07, 6.45) is -0.566. The maximum absolute atomic E-state index is 12.9. The summed E-state index contributed by atoms with van der Waals surface area (Å²) in [7, 11) is 0. The molecule has 0 amide bonds. The summed E-state index contributed by atoms with van der Waals surface area (Å²) in [5.74, 6) is -3.45. The predicted octanol–water partition coefficient (Wildman–Crippen LogP) is 2.96. The first kappa shape index (κ1) is 26.1. The highest BCUT2D eigenvalue weighted by atomic mass is 16.5. The van der Waals surface area contributed by atoms with Gasteiger partial charge in [-0.3, -0.25) is 9.59 Å². The van der Waals surface area contributed by atoms with Crippen LogP contribution in [-0.4, -0.2) is 51.5 Å². The van der Waals surface area contributed by atoms with Gasteiger partial charge in [0.05, 0.1) is 24.2 Å². The largest absolute Gasteiger partial charge is 0.462 e. The highest BCUT2D eigenvalue weighted by Crippen LogP contribution is 2.31. The van der Waals surface area contributed by atoms with Crippen LogP contribution in [0.2, 0.25) is 0 Å². The molecule has 0 bridgehead atoms. The van der Waals surface area contributed by atoms with Gasteiger partial charge in [0.1, 0.15) is 11.9 Å². The molecule has 3 N–H and O–H groups in total. The Morgan fingerprint density at radius 1 is 0.862 bits per heavy atom. The molecule has 0 spiro atoms. The molecule has 0 aliphatic carbocycles. The standard InChI is InChI=1S/C23H42O6/c1-8-9-10-18-14(4)21(26)15(5)19(24)12(2)11-13(3)20(25)16(6)22(27)17(7)23(28)29-18/h12-18,20-22,25-27H,8-11H2,1-7H3. The summed E-state index contributed by atoms with van der Waals surface area (Å²) in [4.78, 5) is 25.6. The number of hydrogen-bond acceptors (Lipinski definition) is 6. The number of carbonyl (C=O) groups excluding carboxylic acids is 2. The smallest absolute Gasteiger partial charge is 0.311 e. The Hall–Kier alpha value is -0.980. The van der Waals surface area contributed by atoms with Gasteiger partial charge in [0, 0.05) is 23.7 Å². The Labute approximate surface area is 176 Å². The Morgan fingerprint density at radius 2 is 1.41 bits per heavy atom. The minimum Gasteiger partial charge on any atom is -0.462 e. The fourth-order valence-corrected chi connectivity index (χ4v) is 4.51. The lowest BCUT2D eigenvalue weighted by atomic mass is 9.77. The van der Waals surface area contributed by atoms with E-state index in [-0.39, 0.29) is 17.6 Å². The summed E-state index contributed by atoms with van der Waals surface area (Å²) >= 11 is 0. The fraction of sp³-hybridized carbons (Fsp3) is 0.913. The van der Waals surface area contributed by atoms with E-state index in [0.29, 0.717) is 12.8 Å². The summed E-state index contributed by atoms with van der Waals surface area (Å²) < 4.78 is 5.73. The number of ketones is 1. The van der Waals surface area contributed by atoms with Crippen molar-refractivity contribution in [2.75, 3.05) is 0 Å². The number of aliphatic hydroxyl groups is 3. The molecule has 0 saturated carbocycles. The van der Waals surface area contributed by atoms with Crippen molar-refractivity contribution < 1.29 is 29.6 Å². The Bertz CT molecular complexity index is 535. The van der Waals surface area contributed by atoms with Gasteiger partial charge in [-0.05, 0) is 25.7 Å². The highest BCUT2D eigenvalue weighted by Gasteiger charge is 2.40. The lowest BCUT2D eigenvalue weighted by molar-refractivity contribution is -0.166. The first-order chi connectivity index (χ1) is 13.4. The van der Waals surface area contributed by atoms with Gasteiger partial charge in [-0.1, -0.05) is 54.4 Å². The van der Waals surface area contributed by atoms with Crippen LogP contribution in [0.15, 0.2) is 0 Å². The molecular weight excluding hydrogens is 372 g/mol. The van der Waals surface area contributed by atoms with Gasteiger partial charge in [0.25, 0.3) is 0 Å². The van der Waals surface area contributed by atoms with Gasteiger partial charge in [0.2, 0.25) is 0 Å². The van der Waals surface area contributed by atoms with Crippen molar-refractivity contribution in [2.24, 2.45) is 35.5 Å². The molecule has 6 heteroatoms. The van der Waals surface area contributed by atoms with E-state index < -0.39 is 54.1 Å². The number of unbranched alkanes of at least 4 members (excludes halogenated alkanes) is 1. The zero-order valence-electron chi connectivity index (χ0n) is 19.2. The maximum Gasteiger partial charge on any atom is 0.311 e. The maximum atomic E-state index is 12.9. The molecule has 10 unspecified atom stereocenters. The molecule has 170 valence electrons.